The molecule has 1 aromatic carbocycles. The van der Waals surface area contributed by atoms with Gasteiger partial charge in [0.2, 0.25) is 0 Å². The first-order valence-electron chi connectivity index (χ1n) is 6.55. The van der Waals surface area contributed by atoms with Gasteiger partial charge in [0.25, 0.3) is 5.91 Å². The van der Waals surface area contributed by atoms with E-state index in [-0.39, 0.29) is 5.91 Å². The average Bonchev–Trinajstić information content (AvgIpc) is 2.80. The lowest BCUT2D eigenvalue weighted by Crippen LogP contribution is -2.47. The van der Waals surface area contributed by atoms with Crippen molar-refractivity contribution in [3.8, 4) is 0 Å². The van der Waals surface area contributed by atoms with E-state index >= 15 is 0 Å². The highest BCUT2D eigenvalue weighted by molar-refractivity contribution is 5.97. The maximum absolute atomic E-state index is 12.5. The molecule has 3 rings (SSSR count). The number of hydrogen-bond donors (Lipinski definition) is 0. The topological polar surface area (TPSA) is 41.4 Å². The number of nitrogens with zero attached hydrogens (tertiary/aromatic N) is 4. The molecule has 0 aliphatic carbocycles. The van der Waals surface area contributed by atoms with Gasteiger partial charge in [-0.05, 0) is 19.2 Å². The van der Waals surface area contributed by atoms with Crippen molar-refractivity contribution in [2.24, 2.45) is 7.05 Å². The third-order valence-electron chi connectivity index (χ3n) is 3.79. The molecule has 0 saturated carbocycles. The van der Waals surface area contributed by atoms with Gasteiger partial charge in [0.05, 0.1) is 11.7 Å². The van der Waals surface area contributed by atoms with Gasteiger partial charge in [-0.25, -0.2) is 0 Å². The molecule has 5 nitrogen and oxygen atoms in total. The molecule has 1 aromatic heterocycles. The predicted octanol–water partition coefficient (Wildman–Crippen LogP) is 0.961. The number of aryl methyl sites for hydroxylation is 1. The molecule has 0 N–H and O–H groups in total. The van der Waals surface area contributed by atoms with Crippen LogP contribution in [0.25, 0.3) is 10.9 Å². The minimum absolute atomic E-state index is 0.121. The molecule has 1 aliphatic rings. The summed E-state index contributed by atoms with van der Waals surface area (Å²) in [5.74, 6) is 0.121. The maximum Gasteiger partial charge on any atom is 0.254 e. The van der Waals surface area contributed by atoms with Gasteiger partial charge in [0, 0.05) is 44.2 Å². The zero-order valence-corrected chi connectivity index (χ0v) is 11.3. The lowest BCUT2D eigenvalue weighted by atomic mass is 10.1. The number of hydrogen-bond acceptors (Lipinski definition) is 3. The van der Waals surface area contributed by atoms with Gasteiger partial charge in [-0.2, -0.15) is 5.10 Å². The van der Waals surface area contributed by atoms with Crippen LogP contribution in [0.2, 0.25) is 0 Å². The standard InChI is InChI=1S/C14H18N4O/c1-16-5-7-18(8-6-16)14(19)11-3-4-12-10-15-17(2)13(12)9-11/h3-4,9-10H,5-8H2,1-2H3. The summed E-state index contributed by atoms with van der Waals surface area (Å²) in [5.41, 5.74) is 1.75. The molecule has 1 aliphatic heterocycles. The second-order valence-electron chi connectivity index (χ2n) is 5.14. The molecule has 0 unspecified atom stereocenters. The van der Waals surface area contributed by atoms with Gasteiger partial charge in [0.15, 0.2) is 0 Å². The highest BCUT2D eigenvalue weighted by Crippen LogP contribution is 2.16. The molecule has 5 heteroatoms. The van der Waals surface area contributed by atoms with Crippen LogP contribution in [0, 0.1) is 0 Å². The quantitative estimate of drug-likeness (QED) is 0.765. The van der Waals surface area contributed by atoms with Crippen LogP contribution in [0.4, 0.5) is 0 Å². The molecule has 19 heavy (non-hydrogen) atoms. The number of carbonyl (C=O) groups is 1. The summed E-state index contributed by atoms with van der Waals surface area (Å²) in [6.07, 6.45) is 1.82. The Labute approximate surface area is 112 Å². The second kappa shape index (κ2) is 4.66. The van der Waals surface area contributed by atoms with Gasteiger partial charge in [-0.3, -0.25) is 9.48 Å². The smallest absolute Gasteiger partial charge is 0.254 e. The van der Waals surface area contributed by atoms with Crippen molar-refractivity contribution in [2.45, 2.75) is 0 Å². The molecule has 2 heterocycles. The predicted molar refractivity (Wildman–Crippen MR) is 74.1 cm³/mol. The molecule has 0 atom stereocenters. The lowest BCUT2D eigenvalue weighted by Gasteiger charge is -2.32. The summed E-state index contributed by atoms with van der Waals surface area (Å²) < 4.78 is 1.80. The summed E-state index contributed by atoms with van der Waals surface area (Å²) in [5, 5.41) is 5.27. The van der Waals surface area contributed by atoms with Gasteiger partial charge >= 0.3 is 0 Å². The van der Waals surface area contributed by atoms with Crippen LogP contribution in [0.5, 0.6) is 0 Å². The van der Waals surface area contributed by atoms with Crippen LogP contribution in [-0.2, 0) is 7.05 Å². The molecule has 2 aromatic rings. The molecule has 1 saturated heterocycles. The number of rotatable bonds is 1. The van der Waals surface area contributed by atoms with Crippen LogP contribution in [-0.4, -0.2) is 58.7 Å². The summed E-state index contributed by atoms with van der Waals surface area (Å²) in [6.45, 7) is 3.50. The Morgan fingerprint density at radius 3 is 2.63 bits per heavy atom. The molecule has 100 valence electrons. The number of amides is 1. The van der Waals surface area contributed by atoms with Gasteiger partial charge in [-0.1, -0.05) is 6.07 Å². The zero-order chi connectivity index (χ0) is 13.4. The van der Waals surface area contributed by atoms with E-state index in [9.17, 15) is 4.79 Å². The van der Waals surface area contributed by atoms with Crippen molar-refractivity contribution in [3.63, 3.8) is 0 Å². The van der Waals surface area contributed by atoms with Crippen molar-refractivity contribution >= 4 is 16.8 Å². The largest absolute Gasteiger partial charge is 0.336 e. The van der Waals surface area contributed by atoms with Crippen molar-refractivity contribution in [1.82, 2.24) is 19.6 Å². The van der Waals surface area contributed by atoms with E-state index in [1.54, 1.807) is 4.68 Å². The van der Waals surface area contributed by atoms with Crippen molar-refractivity contribution in [1.29, 1.82) is 0 Å². The van der Waals surface area contributed by atoms with Gasteiger partial charge in [-0.15, -0.1) is 0 Å². The monoisotopic (exact) mass is 258 g/mol. The highest BCUT2D eigenvalue weighted by Gasteiger charge is 2.20. The Bertz CT molecular complexity index is 611. The second-order valence-corrected chi connectivity index (χ2v) is 5.14. The zero-order valence-electron chi connectivity index (χ0n) is 11.3. The first kappa shape index (κ1) is 12.2. The van der Waals surface area contributed by atoms with Crippen LogP contribution in [0.15, 0.2) is 24.4 Å². The SMILES string of the molecule is CN1CCN(C(=O)c2ccc3cnn(C)c3c2)CC1. The van der Waals surface area contributed by atoms with Crippen LogP contribution < -0.4 is 0 Å². The Hall–Kier alpha value is -1.88. The average molecular weight is 258 g/mol. The van der Waals surface area contributed by atoms with Gasteiger partial charge in [0.1, 0.15) is 0 Å². The van der Waals surface area contributed by atoms with E-state index in [0.717, 1.165) is 42.6 Å². The molecular weight excluding hydrogens is 240 g/mol. The Balaban J connectivity index is 1.87. The molecular formula is C14H18N4O. The number of piperazine rings is 1. The third-order valence-corrected chi connectivity index (χ3v) is 3.79. The van der Waals surface area contributed by atoms with Crippen LogP contribution in [0.1, 0.15) is 10.4 Å². The summed E-state index contributed by atoms with van der Waals surface area (Å²) in [4.78, 5) is 16.6. The minimum Gasteiger partial charge on any atom is -0.336 e. The van der Waals surface area contributed by atoms with E-state index in [1.807, 2.05) is 36.3 Å². The number of likely N-dealkylation sites (N-methyl/N-ethyl adjacent to an activating group) is 1. The number of aromatic nitrogens is 2. The first-order valence-corrected chi connectivity index (χ1v) is 6.55. The Morgan fingerprint density at radius 1 is 1.16 bits per heavy atom. The summed E-state index contributed by atoms with van der Waals surface area (Å²) in [6, 6.07) is 5.79. The van der Waals surface area contributed by atoms with Crippen LogP contribution in [0.3, 0.4) is 0 Å². The summed E-state index contributed by atoms with van der Waals surface area (Å²) >= 11 is 0. The third kappa shape index (κ3) is 2.21. The minimum atomic E-state index is 0.121. The molecule has 0 radical (unpaired) electrons. The lowest BCUT2D eigenvalue weighted by molar-refractivity contribution is 0.0664. The number of carbonyl (C=O) groups excluding carboxylic acids is 1. The fourth-order valence-corrected chi connectivity index (χ4v) is 2.47. The fourth-order valence-electron chi connectivity index (χ4n) is 2.47. The summed E-state index contributed by atoms with van der Waals surface area (Å²) in [7, 11) is 3.98. The van der Waals surface area contributed by atoms with E-state index in [4.69, 9.17) is 0 Å². The number of benzene rings is 1. The van der Waals surface area contributed by atoms with Crippen molar-refractivity contribution in [3.05, 3.63) is 30.0 Å². The molecule has 1 fully saturated rings. The highest BCUT2D eigenvalue weighted by atomic mass is 16.2. The van der Waals surface area contributed by atoms with E-state index in [2.05, 4.69) is 17.0 Å². The van der Waals surface area contributed by atoms with E-state index in [1.165, 1.54) is 0 Å². The van der Waals surface area contributed by atoms with Gasteiger partial charge < -0.3 is 9.80 Å². The van der Waals surface area contributed by atoms with E-state index < -0.39 is 0 Å². The normalized spacial score (nSPS) is 17.1. The first-order chi connectivity index (χ1) is 9.15. The Kier molecular flexibility index (Phi) is 2.98. The number of fused-ring (bicyclic) bond motifs is 1. The molecule has 1 amide bonds. The molecule has 0 spiro atoms. The molecule has 0 bridgehead atoms. The van der Waals surface area contributed by atoms with E-state index in [0.29, 0.717) is 0 Å². The van der Waals surface area contributed by atoms with Crippen molar-refractivity contribution in [2.75, 3.05) is 33.2 Å². The maximum atomic E-state index is 12.5. The fraction of sp³-hybridized carbons (Fsp3) is 0.429. The van der Waals surface area contributed by atoms with Crippen molar-refractivity contribution < 1.29 is 4.79 Å². The van der Waals surface area contributed by atoms with Crippen LogP contribution >= 0.6 is 0 Å². The Morgan fingerprint density at radius 2 is 1.89 bits per heavy atom.